The SMILES string of the molecule is COCCS(=O)(=O)NCCS(C)(=O)=O. The summed E-state index contributed by atoms with van der Waals surface area (Å²) < 4.78 is 50.3. The highest BCUT2D eigenvalue weighted by Crippen LogP contribution is 1.86. The topological polar surface area (TPSA) is 89.5 Å². The van der Waals surface area contributed by atoms with Gasteiger partial charge in [-0.1, -0.05) is 0 Å². The largest absolute Gasteiger partial charge is 0.384 e. The van der Waals surface area contributed by atoms with Gasteiger partial charge in [0.15, 0.2) is 0 Å². The minimum absolute atomic E-state index is 0.0915. The number of hydrogen-bond donors (Lipinski definition) is 1. The Morgan fingerprint density at radius 2 is 1.71 bits per heavy atom. The van der Waals surface area contributed by atoms with Gasteiger partial charge in [0, 0.05) is 19.9 Å². The van der Waals surface area contributed by atoms with Crippen molar-refractivity contribution in [2.24, 2.45) is 0 Å². The van der Waals surface area contributed by atoms with Crippen molar-refractivity contribution in [1.29, 1.82) is 0 Å². The Kier molecular flexibility index (Phi) is 5.57. The van der Waals surface area contributed by atoms with Gasteiger partial charge in [-0.3, -0.25) is 0 Å². The van der Waals surface area contributed by atoms with E-state index in [4.69, 9.17) is 0 Å². The minimum Gasteiger partial charge on any atom is -0.384 e. The monoisotopic (exact) mass is 245 g/mol. The zero-order valence-corrected chi connectivity index (χ0v) is 9.82. The van der Waals surface area contributed by atoms with Crippen LogP contribution in [0.2, 0.25) is 0 Å². The average molecular weight is 245 g/mol. The third-order valence-corrected chi connectivity index (χ3v) is 3.64. The first-order chi connectivity index (χ1) is 6.27. The van der Waals surface area contributed by atoms with Crippen molar-refractivity contribution in [2.75, 3.05) is 38.0 Å². The van der Waals surface area contributed by atoms with Gasteiger partial charge in [0.25, 0.3) is 0 Å². The highest BCUT2D eigenvalue weighted by atomic mass is 32.2. The third kappa shape index (κ3) is 8.42. The molecule has 0 rings (SSSR count). The Morgan fingerprint density at radius 1 is 1.14 bits per heavy atom. The molecule has 0 unspecified atom stereocenters. The van der Waals surface area contributed by atoms with E-state index < -0.39 is 19.9 Å². The van der Waals surface area contributed by atoms with Crippen LogP contribution in [0.15, 0.2) is 0 Å². The molecule has 6 nitrogen and oxygen atoms in total. The van der Waals surface area contributed by atoms with Gasteiger partial charge in [-0.25, -0.2) is 21.6 Å². The summed E-state index contributed by atoms with van der Waals surface area (Å²) in [6.07, 6.45) is 1.05. The van der Waals surface area contributed by atoms with Crippen molar-refractivity contribution in [3.63, 3.8) is 0 Å². The van der Waals surface area contributed by atoms with Gasteiger partial charge in [0.2, 0.25) is 10.0 Å². The van der Waals surface area contributed by atoms with Crippen LogP contribution in [0.1, 0.15) is 0 Å². The van der Waals surface area contributed by atoms with E-state index in [1.54, 1.807) is 0 Å². The van der Waals surface area contributed by atoms with Gasteiger partial charge in [-0.2, -0.15) is 0 Å². The Balaban J connectivity index is 3.89. The number of nitrogens with one attached hydrogen (secondary N) is 1. The van der Waals surface area contributed by atoms with Crippen molar-refractivity contribution >= 4 is 19.9 Å². The second-order valence-corrected chi connectivity index (χ2v) is 7.02. The maximum atomic E-state index is 11.1. The molecule has 0 aromatic rings. The van der Waals surface area contributed by atoms with Crippen molar-refractivity contribution < 1.29 is 21.6 Å². The molecule has 0 aliphatic carbocycles. The van der Waals surface area contributed by atoms with Crippen LogP contribution in [-0.2, 0) is 24.6 Å². The predicted molar refractivity (Wildman–Crippen MR) is 53.4 cm³/mol. The first-order valence-corrected chi connectivity index (χ1v) is 7.62. The molecule has 0 fully saturated rings. The van der Waals surface area contributed by atoms with Gasteiger partial charge in [-0.05, 0) is 0 Å². The number of sulfone groups is 1. The van der Waals surface area contributed by atoms with Gasteiger partial charge < -0.3 is 4.74 Å². The standard InChI is InChI=1S/C6H15NO5S2/c1-12-4-6-14(10,11)7-3-5-13(2,8)9/h7H,3-6H2,1-2H3. The molecule has 0 spiro atoms. The molecule has 0 heterocycles. The molecule has 0 aliphatic rings. The van der Waals surface area contributed by atoms with E-state index >= 15 is 0 Å². The molecule has 0 amide bonds. The molecule has 14 heavy (non-hydrogen) atoms. The van der Waals surface area contributed by atoms with Crippen LogP contribution in [0.5, 0.6) is 0 Å². The Bertz CT molecular complexity index is 344. The molecule has 86 valence electrons. The lowest BCUT2D eigenvalue weighted by molar-refractivity contribution is 0.217. The maximum absolute atomic E-state index is 11.1. The molecule has 8 heteroatoms. The fraction of sp³-hybridized carbons (Fsp3) is 1.00. The van der Waals surface area contributed by atoms with Gasteiger partial charge in [-0.15, -0.1) is 0 Å². The number of sulfonamides is 1. The van der Waals surface area contributed by atoms with Gasteiger partial charge >= 0.3 is 0 Å². The summed E-state index contributed by atoms with van der Waals surface area (Å²) in [6.45, 7) is -0.000903. The lowest BCUT2D eigenvalue weighted by Gasteiger charge is -2.04. The Morgan fingerprint density at radius 3 is 2.14 bits per heavy atom. The van der Waals surface area contributed by atoms with Crippen molar-refractivity contribution in [3.05, 3.63) is 0 Å². The zero-order chi connectivity index (χ0) is 11.2. The first-order valence-electron chi connectivity index (χ1n) is 3.91. The molecule has 1 N–H and O–H groups in total. The van der Waals surface area contributed by atoms with Gasteiger partial charge in [0.1, 0.15) is 9.84 Å². The molecule has 0 radical (unpaired) electrons. The fourth-order valence-corrected chi connectivity index (χ4v) is 2.19. The van der Waals surface area contributed by atoms with Crippen molar-refractivity contribution in [3.8, 4) is 0 Å². The summed E-state index contributed by atoms with van der Waals surface area (Å²) in [7, 11) is -5.14. The van der Waals surface area contributed by atoms with Crippen LogP contribution in [0.4, 0.5) is 0 Å². The van der Waals surface area contributed by atoms with Crippen LogP contribution in [0.3, 0.4) is 0 Å². The third-order valence-electron chi connectivity index (χ3n) is 1.35. The fourth-order valence-electron chi connectivity index (χ4n) is 0.648. The highest BCUT2D eigenvalue weighted by Gasteiger charge is 2.10. The minimum atomic E-state index is -3.41. The van der Waals surface area contributed by atoms with E-state index in [-0.39, 0.29) is 24.7 Å². The molecule has 0 saturated heterocycles. The number of rotatable bonds is 7. The normalized spacial score (nSPS) is 13.0. The van der Waals surface area contributed by atoms with Crippen molar-refractivity contribution in [1.82, 2.24) is 4.72 Å². The molecule has 0 aliphatic heterocycles. The van der Waals surface area contributed by atoms with E-state index in [1.807, 2.05) is 0 Å². The second kappa shape index (κ2) is 5.64. The molecule has 0 bridgehead atoms. The molecule has 0 atom stereocenters. The van der Waals surface area contributed by atoms with Crippen LogP contribution in [-0.4, -0.2) is 54.9 Å². The second-order valence-electron chi connectivity index (χ2n) is 2.84. The Hall–Kier alpha value is -0.180. The van der Waals surface area contributed by atoms with Gasteiger partial charge in [0.05, 0.1) is 18.1 Å². The molecular formula is C6H15NO5S2. The maximum Gasteiger partial charge on any atom is 0.213 e. The zero-order valence-electron chi connectivity index (χ0n) is 8.19. The summed E-state index contributed by atoms with van der Waals surface area (Å²) in [4.78, 5) is 0. The molecular weight excluding hydrogens is 230 g/mol. The van der Waals surface area contributed by atoms with E-state index in [9.17, 15) is 16.8 Å². The van der Waals surface area contributed by atoms with Crippen LogP contribution >= 0.6 is 0 Å². The van der Waals surface area contributed by atoms with E-state index in [2.05, 4.69) is 9.46 Å². The average Bonchev–Trinajstić information content (AvgIpc) is 1.98. The van der Waals surface area contributed by atoms with E-state index in [0.717, 1.165) is 6.26 Å². The predicted octanol–water partition coefficient (Wildman–Crippen LogP) is -1.40. The number of ether oxygens (including phenoxy) is 1. The lowest BCUT2D eigenvalue weighted by atomic mass is 10.8. The molecule has 0 aromatic heterocycles. The van der Waals surface area contributed by atoms with E-state index in [0.29, 0.717) is 0 Å². The summed E-state index contributed by atoms with van der Waals surface area (Å²) in [5.41, 5.74) is 0. The van der Waals surface area contributed by atoms with Crippen LogP contribution < -0.4 is 4.72 Å². The number of methoxy groups -OCH3 is 1. The first kappa shape index (κ1) is 13.8. The van der Waals surface area contributed by atoms with E-state index in [1.165, 1.54) is 7.11 Å². The smallest absolute Gasteiger partial charge is 0.213 e. The summed E-state index contributed by atoms with van der Waals surface area (Å²) >= 11 is 0. The highest BCUT2D eigenvalue weighted by molar-refractivity contribution is 7.91. The quantitative estimate of drug-likeness (QED) is 0.595. The van der Waals surface area contributed by atoms with Crippen LogP contribution in [0.25, 0.3) is 0 Å². The summed E-state index contributed by atoms with van der Waals surface area (Å²) in [6, 6.07) is 0. The molecule has 0 saturated carbocycles. The van der Waals surface area contributed by atoms with Crippen LogP contribution in [0, 0.1) is 0 Å². The Labute approximate surface area is 84.6 Å². The number of hydrogen-bond acceptors (Lipinski definition) is 5. The van der Waals surface area contributed by atoms with Crippen molar-refractivity contribution in [2.45, 2.75) is 0 Å². The summed E-state index contributed by atoms with van der Waals surface area (Å²) in [5, 5.41) is 0. The molecule has 0 aromatic carbocycles. The summed E-state index contributed by atoms with van der Waals surface area (Å²) in [5.74, 6) is -0.355. The lowest BCUT2D eigenvalue weighted by Crippen LogP contribution is -2.32.